The van der Waals surface area contributed by atoms with Crippen molar-refractivity contribution in [3.8, 4) is 0 Å². The Morgan fingerprint density at radius 1 is 1.35 bits per heavy atom. The van der Waals surface area contributed by atoms with Gasteiger partial charge in [0.15, 0.2) is 0 Å². The van der Waals surface area contributed by atoms with Gasteiger partial charge < -0.3 is 15.5 Å². The molecule has 2 N–H and O–H groups in total. The number of carbonyl (C=O) groups excluding carboxylic acids is 1. The fraction of sp³-hybridized carbons (Fsp3) is 0.421. The Morgan fingerprint density at radius 3 is 2.69 bits per heavy atom. The summed E-state index contributed by atoms with van der Waals surface area (Å²) in [5.74, 6) is -0.0141. The highest BCUT2D eigenvalue weighted by molar-refractivity contribution is 5.92. The van der Waals surface area contributed by atoms with Gasteiger partial charge in [-0.05, 0) is 37.7 Å². The highest BCUT2D eigenvalue weighted by Crippen LogP contribution is 2.28. The van der Waals surface area contributed by atoms with E-state index in [9.17, 15) is 9.18 Å². The lowest BCUT2D eigenvalue weighted by atomic mass is 9.97. The van der Waals surface area contributed by atoms with Gasteiger partial charge in [-0.2, -0.15) is 0 Å². The van der Waals surface area contributed by atoms with Crippen LogP contribution in [0, 0.1) is 5.82 Å². The Morgan fingerprint density at radius 2 is 2.08 bits per heavy atom. The maximum absolute atomic E-state index is 13.3. The van der Waals surface area contributed by atoms with Gasteiger partial charge in [0.05, 0.1) is 11.9 Å². The van der Waals surface area contributed by atoms with Crippen LogP contribution in [0.2, 0.25) is 0 Å². The molecule has 1 aromatic heterocycles. The summed E-state index contributed by atoms with van der Waals surface area (Å²) in [5, 5.41) is 6.04. The second kappa shape index (κ2) is 7.78. The van der Waals surface area contributed by atoms with E-state index < -0.39 is 0 Å². The summed E-state index contributed by atoms with van der Waals surface area (Å²) in [6.07, 6.45) is 2.51. The van der Waals surface area contributed by atoms with Gasteiger partial charge in [0.2, 0.25) is 0 Å². The number of amides is 1. The first-order valence-corrected chi connectivity index (χ1v) is 8.77. The number of benzene rings is 1. The van der Waals surface area contributed by atoms with Gasteiger partial charge in [0.1, 0.15) is 17.3 Å². The fourth-order valence-electron chi connectivity index (χ4n) is 3.21. The first kappa shape index (κ1) is 18.3. The number of anilines is 1. The van der Waals surface area contributed by atoms with Crippen molar-refractivity contribution in [1.29, 1.82) is 0 Å². The molecule has 1 fully saturated rings. The van der Waals surface area contributed by atoms with Crippen LogP contribution in [-0.2, 0) is 0 Å². The Kier molecular flexibility index (Phi) is 5.46. The summed E-state index contributed by atoms with van der Waals surface area (Å²) >= 11 is 0. The summed E-state index contributed by atoms with van der Waals surface area (Å²) in [4.78, 5) is 23.3. The second-order valence-corrected chi connectivity index (χ2v) is 6.73. The van der Waals surface area contributed by atoms with Gasteiger partial charge in [-0.3, -0.25) is 4.79 Å². The lowest BCUT2D eigenvalue weighted by Gasteiger charge is -2.20. The van der Waals surface area contributed by atoms with Crippen molar-refractivity contribution in [2.45, 2.75) is 25.3 Å². The molecule has 1 aliphatic heterocycles. The molecule has 1 saturated heterocycles. The van der Waals surface area contributed by atoms with Crippen LogP contribution in [0.3, 0.4) is 0 Å². The van der Waals surface area contributed by atoms with Gasteiger partial charge in [0.25, 0.3) is 5.91 Å². The number of likely N-dealkylation sites (N-methyl/N-ethyl adjacent to an activating group) is 1. The largest absolute Gasteiger partial charge is 0.364 e. The number of nitrogens with one attached hydrogen (secondary N) is 2. The number of carbonyl (C=O) groups is 1. The van der Waals surface area contributed by atoms with E-state index in [1.165, 1.54) is 18.3 Å². The molecule has 7 heteroatoms. The van der Waals surface area contributed by atoms with E-state index >= 15 is 0 Å². The summed E-state index contributed by atoms with van der Waals surface area (Å²) in [6.45, 7) is 3.95. The molecule has 0 bridgehead atoms. The minimum absolute atomic E-state index is 0.130. The van der Waals surface area contributed by atoms with E-state index in [4.69, 9.17) is 0 Å². The molecule has 0 radical (unpaired) electrons. The van der Waals surface area contributed by atoms with Gasteiger partial charge >= 0.3 is 0 Å². The molecule has 26 heavy (non-hydrogen) atoms. The van der Waals surface area contributed by atoms with Crippen LogP contribution >= 0.6 is 0 Å². The number of hydrogen-bond acceptors (Lipinski definition) is 5. The monoisotopic (exact) mass is 357 g/mol. The van der Waals surface area contributed by atoms with Crippen LogP contribution < -0.4 is 10.6 Å². The molecular formula is C19H24FN5O. The molecule has 2 heterocycles. The molecule has 1 aromatic carbocycles. The minimum Gasteiger partial charge on any atom is -0.364 e. The van der Waals surface area contributed by atoms with Crippen molar-refractivity contribution in [3.05, 3.63) is 53.2 Å². The highest BCUT2D eigenvalue weighted by atomic mass is 19.1. The van der Waals surface area contributed by atoms with Crippen LogP contribution in [-0.4, -0.2) is 54.0 Å². The Balaban J connectivity index is 1.95. The van der Waals surface area contributed by atoms with Gasteiger partial charge in [-0.1, -0.05) is 19.1 Å². The number of hydrogen-bond donors (Lipinski definition) is 2. The van der Waals surface area contributed by atoms with Gasteiger partial charge in [0, 0.05) is 25.6 Å². The summed E-state index contributed by atoms with van der Waals surface area (Å²) in [7, 11) is 3.65. The minimum atomic E-state index is -0.280. The number of likely N-dealkylation sites (tertiary alicyclic amines) is 1. The zero-order chi connectivity index (χ0) is 18.7. The molecule has 0 spiro atoms. The van der Waals surface area contributed by atoms with E-state index in [0.29, 0.717) is 17.6 Å². The third-order valence-corrected chi connectivity index (χ3v) is 4.77. The van der Waals surface area contributed by atoms with Crippen molar-refractivity contribution in [1.82, 2.24) is 20.2 Å². The van der Waals surface area contributed by atoms with E-state index in [0.717, 1.165) is 25.1 Å². The fourth-order valence-corrected chi connectivity index (χ4v) is 3.21. The van der Waals surface area contributed by atoms with Crippen molar-refractivity contribution in [2.24, 2.45) is 0 Å². The quantitative estimate of drug-likeness (QED) is 0.859. The number of nitrogens with zero attached hydrogens (tertiary/aromatic N) is 3. The van der Waals surface area contributed by atoms with E-state index in [1.54, 1.807) is 19.2 Å². The SMILES string of the molecule is CNC(=O)c1cnc(N[C@@H]2CCN(C)C2)c(C(C)c2ccc(F)cc2)n1. The van der Waals surface area contributed by atoms with Gasteiger partial charge in [-0.25, -0.2) is 14.4 Å². The lowest BCUT2D eigenvalue weighted by molar-refractivity contribution is 0.0957. The van der Waals surface area contributed by atoms with E-state index in [-0.39, 0.29) is 23.3 Å². The zero-order valence-corrected chi connectivity index (χ0v) is 15.3. The molecule has 2 aromatic rings. The molecule has 6 nitrogen and oxygen atoms in total. The molecular weight excluding hydrogens is 333 g/mol. The van der Waals surface area contributed by atoms with Crippen molar-refractivity contribution in [2.75, 3.05) is 32.5 Å². The molecule has 1 aliphatic rings. The summed E-state index contributed by atoms with van der Waals surface area (Å²) < 4.78 is 13.3. The Bertz CT molecular complexity index is 780. The lowest BCUT2D eigenvalue weighted by Crippen LogP contribution is -2.26. The topological polar surface area (TPSA) is 70.2 Å². The normalized spacial score (nSPS) is 18.5. The highest BCUT2D eigenvalue weighted by Gasteiger charge is 2.24. The standard InChI is InChI=1S/C19H24FN5O/c1-12(13-4-6-14(20)7-5-13)17-18(23-15-8-9-25(3)11-15)22-10-16(24-17)19(26)21-2/h4-7,10,12,15H,8-9,11H2,1-3H3,(H,21,26)(H,22,23)/t12?,15-/m1/s1. The molecule has 1 unspecified atom stereocenters. The molecule has 2 atom stereocenters. The van der Waals surface area contributed by atoms with Crippen LogP contribution in [0.5, 0.6) is 0 Å². The first-order chi connectivity index (χ1) is 12.5. The van der Waals surface area contributed by atoms with Crippen LogP contribution in [0.1, 0.15) is 41.0 Å². The predicted octanol–water partition coefficient (Wildman–Crippen LogP) is 2.24. The van der Waals surface area contributed by atoms with Crippen LogP contribution in [0.15, 0.2) is 30.5 Å². The van der Waals surface area contributed by atoms with Crippen molar-refractivity contribution < 1.29 is 9.18 Å². The summed E-state index contributed by atoms with van der Waals surface area (Å²) in [5.41, 5.74) is 1.87. The Labute approximate surface area is 152 Å². The number of aromatic nitrogens is 2. The third kappa shape index (κ3) is 3.99. The predicted molar refractivity (Wildman–Crippen MR) is 98.9 cm³/mol. The molecule has 0 saturated carbocycles. The van der Waals surface area contributed by atoms with E-state index in [2.05, 4.69) is 32.5 Å². The Hall–Kier alpha value is -2.54. The van der Waals surface area contributed by atoms with Gasteiger partial charge in [-0.15, -0.1) is 0 Å². The van der Waals surface area contributed by atoms with Crippen molar-refractivity contribution in [3.63, 3.8) is 0 Å². The zero-order valence-electron chi connectivity index (χ0n) is 15.3. The number of halogens is 1. The molecule has 1 amide bonds. The third-order valence-electron chi connectivity index (χ3n) is 4.77. The molecule has 3 rings (SSSR count). The first-order valence-electron chi connectivity index (χ1n) is 8.77. The average Bonchev–Trinajstić information content (AvgIpc) is 3.06. The molecule has 138 valence electrons. The van der Waals surface area contributed by atoms with Crippen LogP contribution in [0.4, 0.5) is 10.2 Å². The van der Waals surface area contributed by atoms with E-state index in [1.807, 2.05) is 6.92 Å². The van der Waals surface area contributed by atoms with Crippen LogP contribution in [0.25, 0.3) is 0 Å². The molecule has 0 aliphatic carbocycles. The average molecular weight is 357 g/mol. The maximum atomic E-state index is 13.3. The maximum Gasteiger partial charge on any atom is 0.271 e. The number of rotatable bonds is 5. The summed E-state index contributed by atoms with van der Waals surface area (Å²) in [6, 6.07) is 6.63. The second-order valence-electron chi connectivity index (χ2n) is 6.73. The van der Waals surface area contributed by atoms with Crippen molar-refractivity contribution >= 4 is 11.7 Å². The smallest absolute Gasteiger partial charge is 0.271 e.